The van der Waals surface area contributed by atoms with E-state index in [1.165, 1.54) is 5.56 Å². The van der Waals surface area contributed by atoms with Crippen molar-refractivity contribution in [2.75, 3.05) is 13.2 Å². The molecule has 17 heavy (non-hydrogen) atoms. The van der Waals surface area contributed by atoms with Gasteiger partial charge in [-0.1, -0.05) is 15.9 Å². The first-order valence-electron chi connectivity index (χ1n) is 5.75. The van der Waals surface area contributed by atoms with E-state index in [9.17, 15) is 0 Å². The number of halogens is 1. The molecule has 0 unspecified atom stereocenters. The van der Waals surface area contributed by atoms with Gasteiger partial charge in [0.25, 0.3) is 0 Å². The van der Waals surface area contributed by atoms with E-state index in [-0.39, 0.29) is 5.54 Å². The molecule has 0 radical (unpaired) electrons. The number of hydrogen-bond acceptors (Lipinski definition) is 3. The number of rotatable bonds is 2. The molecule has 2 rings (SSSR count). The molecule has 0 saturated heterocycles. The number of hydrogen-bond donors (Lipinski definition) is 1. The molecule has 0 saturated carbocycles. The van der Waals surface area contributed by atoms with Crippen molar-refractivity contribution >= 4 is 15.9 Å². The molecule has 3 nitrogen and oxygen atoms in total. The summed E-state index contributed by atoms with van der Waals surface area (Å²) in [6, 6.07) is 1.97. The first-order valence-corrected chi connectivity index (χ1v) is 6.54. The molecule has 0 aliphatic carbocycles. The van der Waals surface area contributed by atoms with Crippen molar-refractivity contribution in [3.63, 3.8) is 0 Å². The van der Waals surface area contributed by atoms with E-state index in [1.54, 1.807) is 0 Å². The van der Waals surface area contributed by atoms with Crippen LogP contribution in [0.25, 0.3) is 0 Å². The van der Waals surface area contributed by atoms with Crippen LogP contribution in [0.1, 0.15) is 25.0 Å². The summed E-state index contributed by atoms with van der Waals surface area (Å²) in [5, 5.41) is 0. The van der Waals surface area contributed by atoms with Crippen LogP contribution in [-0.2, 0) is 6.42 Å². The highest BCUT2D eigenvalue weighted by Gasteiger charge is 2.24. The van der Waals surface area contributed by atoms with Crippen LogP contribution < -0.4 is 15.2 Å². The third kappa shape index (κ3) is 2.75. The fourth-order valence-electron chi connectivity index (χ4n) is 1.98. The van der Waals surface area contributed by atoms with E-state index in [0.717, 1.165) is 28.0 Å². The van der Waals surface area contributed by atoms with Crippen LogP contribution in [0.4, 0.5) is 0 Å². The van der Waals surface area contributed by atoms with Crippen molar-refractivity contribution in [3.8, 4) is 11.5 Å². The molecule has 1 aliphatic heterocycles. The molecule has 0 bridgehead atoms. The minimum absolute atomic E-state index is 0.264. The smallest absolute Gasteiger partial charge is 0.164 e. The van der Waals surface area contributed by atoms with Crippen molar-refractivity contribution in [1.82, 2.24) is 0 Å². The van der Waals surface area contributed by atoms with Gasteiger partial charge in [-0.05, 0) is 38.8 Å². The largest absolute Gasteiger partial charge is 0.486 e. The summed E-state index contributed by atoms with van der Waals surface area (Å²) in [7, 11) is 0. The minimum Gasteiger partial charge on any atom is -0.486 e. The Balaban J connectivity index is 2.51. The molecule has 1 heterocycles. The second kappa shape index (κ2) is 4.50. The third-order valence-electron chi connectivity index (χ3n) is 2.79. The predicted octanol–water partition coefficient (Wildman–Crippen LogP) is 2.81. The lowest BCUT2D eigenvalue weighted by molar-refractivity contribution is 0.169. The molecule has 2 N–H and O–H groups in total. The zero-order valence-electron chi connectivity index (χ0n) is 10.5. The minimum atomic E-state index is -0.264. The van der Waals surface area contributed by atoms with Gasteiger partial charge in [0.1, 0.15) is 13.2 Å². The summed E-state index contributed by atoms with van der Waals surface area (Å²) < 4.78 is 12.4. The van der Waals surface area contributed by atoms with E-state index >= 15 is 0 Å². The third-order valence-corrected chi connectivity index (χ3v) is 3.61. The molecule has 0 atom stereocenters. The van der Waals surface area contributed by atoms with Gasteiger partial charge in [-0.2, -0.15) is 0 Å². The van der Waals surface area contributed by atoms with E-state index in [2.05, 4.69) is 22.9 Å². The maximum absolute atomic E-state index is 6.11. The zero-order chi connectivity index (χ0) is 12.6. The molecule has 1 aliphatic rings. The normalized spacial score (nSPS) is 14.9. The van der Waals surface area contributed by atoms with Crippen LogP contribution in [0.3, 0.4) is 0 Å². The van der Waals surface area contributed by atoms with Gasteiger partial charge in [0, 0.05) is 15.6 Å². The van der Waals surface area contributed by atoms with Gasteiger partial charge in [-0.3, -0.25) is 0 Å². The monoisotopic (exact) mass is 299 g/mol. The molecule has 1 aromatic rings. The molecule has 4 heteroatoms. The quantitative estimate of drug-likeness (QED) is 0.913. The standard InChI is InChI=1S/C13H18BrNO2/c1-8-9(7-13(2,3)15)12-11(6-10(8)14)16-4-5-17-12/h6H,4-5,7,15H2,1-3H3. The average molecular weight is 300 g/mol. The fourth-order valence-corrected chi connectivity index (χ4v) is 2.43. The highest BCUT2D eigenvalue weighted by molar-refractivity contribution is 9.10. The van der Waals surface area contributed by atoms with Gasteiger partial charge in [0.05, 0.1) is 0 Å². The van der Waals surface area contributed by atoms with Crippen molar-refractivity contribution in [3.05, 3.63) is 21.7 Å². The van der Waals surface area contributed by atoms with Crippen LogP contribution in [0, 0.1) is 6.92 Å². The molecule has 0 amide bonds. The highest BCUT2D eigenvalue weighted by Crippen LogP contribution is 2.41. The summed E-state index contributed by atoms with van der Waals surface area (Å²) >= 11 is 3.56. The lowest BCUT2D eigenvalue weighted by atomic mass is 9.92. The number of fused-ring (bicyclic) bond motifs is 1. The van der Waals surface area contributed by atoms with Crippen LogP contribution in [0.15, 0.2) is 10.5 Å². The van der Waals surface area contributed by atoms with Gasteiger partial charge in [0.15, 0.2) is 11.5 Å². The van der Waals surface area contributed by atoms with Crippen molar-refractivity contribution in [1.29, 1.82) is 0 Å². The number of nitrogens with two attached hydrogens (primary N) is 1. The highest BCUT2D eigenvalue weighted by atomic mass is 79.9. The molecular weight excluding hydrogens is 282 g/mol. The Morgan fingerprint density at radius 2 is 2.00 bits per heavy atom. The maximum Gasteiger partial charge on any atom is 0.164 e. The SMILES string of the molecule is Cc1c(Br)cc2c(c1CC(C)(C)N)OCCO2. The van der Waals surface area contributed by atoms with Crippen LogP contribution in [0.2, 0.25) is 0 Å². The first kappa shape index (κ1) is 12.7. The summed E-state index contributed by atoms with van der Waals surface area (Å²) in [6.45, 7) is 7.32. The topological polar surface area (TPSA) is 44.5 Å². The zero-order valence-corrected chi connectivity index (χ0v) is 12.1. The Bertz CT molecular complexity index is 438. The molecule has 1 aromatic carbocycles. The average Bonchev–Trinajstić information content (AvgIpc) is 2.23. The van der Waals surface area contributed by atoms with E-state index in [4.69, 9.17) is 15.2 Å². The van der Waals surface area contributed by atoms with Gasteiger partial charge in [-0.25, -0.2) is 0 Å². The summed E-state index contributed by atoms with van der Waals surface area (Å²) in [5.74, 6) is 1.67. The van der Waals surface area contributed by atoms with Crippen molar-refractivity contribution in [2.45, 2.75) is 32.7 Å². The lowest BCUT2D eigenvalue weighted by Gasteiger charge is -2.27. The maximum atomic E-state index is 6.11. The van der Waals surface area contributed by atoms with Gasteiger partial charge >= 0.3 is 0 Å². The second-order valence-electron chi connectivity index (χ2n) is 5.15. The van der Waals surface area contributed by atoms with Gasteiger partial charge in [-0.15, -0.1) is 0 Å². The number of ether oxygens (including phenoxy) is 2. The first-order chi connectivity index (χ1) is 7.88. The predicted molar refractivity (Wildman–Crippen MR) is 71.8 cm³/mol. The second-order valence-corrected chi connectivity index (χ2v) is 6.01. The Labute approximate surface area is 110 Å². The van der Waals surface area contributed by atoms with Crippen LogP contribution >= 0.6 is 15.9 Å². The Morgan fingerprint density at radius 1 is 1.35 bits per heavy atom. The van der Waals surface area contributed by atoms with Crippen LogP contribution in [0.5, 0.6) is 11.5 Å². The van der Waals surface area contributed by atoms with Crippen molar-refractivity contribution < 1.29 is 9.47 Å². The molecule has 0 spiro atoms. The summed E-state index contributed by atoms with van der Waals surface area (Å²) in [4.78, 5) is 0. The molecular formula is C13H18BrNO2. The van der Waals surface area contributed by atoms with Crippen LogP contribution in [-0.4, -0.2) is 18.8 Å². The van der Waals surface area contributed by atoms with Gasteiger partial charge < -0.3 is 15.2 Å². The van der Waals surface area contributed by atoms with E-state index in [0.29, 0.717) is 13.2 Å². The lowest BCUT2D eigenvalue weighted by Crippen LogP contribution is -2.35. The fraction of sp³-hybridized carbons (Fsp3) is 0.538. The Hall–Kier alpha value is -0.740. The van der Waals surface area contributed by atoms with E-state index < -0.39 is 0 Å². The Kier molecular flexibility index (Phi) is 3.36. The Morgan fingerprint density at radius 3 is 2.65 bits per heavy atom. The van der Waals surface area contributed by atoms with Crippen molar-refractivity contribution in [2.24, 2.45) is 5.73 Å². The van der Waals surface area contributed by atoms with Gasteiger partial charge in [0.2, 0.25) is 0 Å². The van der Waals surface area contributed by atoms with E-state index in [1.807, 2.05) is 19.9 Å². The number of benzene rings is 1. The molecule has 0 aromatic heterocycles. The molecule has 0 fully saturated rings. The molecule has 94 valence electrons. The summed E-state index contributed by atoms with van der Waals surface area (Å²) in [5.41, 5.74) is 8.16. The summed E-state index contributed by atoms with van der Waals surface area (Å²) in [6.07, 6.45) is 0.768.